The van der Waals surface area contributed by atoms with E-state index in [1.165, 1.54) is 0 Å². The van der Waals surface area contributed by atoms with Gasteiger partial charge in [0, 0.05) is 30.6 Å². The van der Waals surface area contributed by atoms with Crippen LogP contribution >= 0.6 is 0 Å². The van der Waals surface area contributed by atoms with E-state index in [9.17, 15) is 0 Å². The molecule has 0 amide bonds. The average molecular weight is 350 g/mol. The van der Waals surface area contributed by atoms with E-state index in [1.807, 2.05) is 73.5 Å². The lowest BCUT2D eigenvalue weighted by molar-refractivity contribution is 0.395. The van der Waals surface area contributed by atoms with Gasteiger partial charge in [-0.3, -0.25) is 0 Å². The summed E-state index contributed by atoms with van der Waals surface area (Å²) in [6.07, 6.45) is 0. The highest BCUT2D eigenvalue weighted by molar-refractivity contribution is 5.66. The van der Waals surface area contributed by atoms with Crippen LogP contribution in [0.2, 0.25) is 0 Å². The molecule has 0 fully saturated rings. The minimum Gasteiger partial charge on any atom is -0.497 e. The van der Waals surface area contributed by atoms with Gasteiger partial charge in [0.2, 0.25) is 5.95 Å². The Bertz CT molecular complexity index is 884. The van der Waals surface area contributed by atoms with Gasteiger partial charge in [0.05, 0.1) is 19.9 Å². The first kappa shape index (κ1) is 17.5. The van der Waals surface area contributed by atoms with E-state index in [4.69, 9.17) is 9.47 Å². The van der Waals surface area contributed by atoms with Gasteiger partial charge in [-0.25, -0.2) is 4.98 Å². The van der Waals surface area contributed by atoms with E-state index in [1.54, 1.807) is 14.2 Å². The topological polar surface area (TPSA) is 59.5 Å². The van der Waals surface area contributed by atoms with E-state index < -0.39 is 0 Å². The fourth-order valence-electron chi connectivity index (χ4n) is 2.59. The number of methoxy groups -OCH3 is 2. The standard InChI is InChI=1S/C20H22N4O2/c1-14-12-19(24(2)15-8-6-5-7-9-15)23-20(21-14)22-17-11-10-16(25-3)13-18(17)26-4/h5-13H,1-4H3,(H,21,22,23). The van der Waals surface area contributed by atoms with Crippen molar-refractivity contribution >= 4 is 23.1 Å². The summed E-state index contributed by atoms with van der Waals surface area (Å²) in [7, 11) is 5.22. The molecule has 0 aliphatic heterocycles. The summed E-state index contributed by atoms with van der Waals surface area (Å²) in [5.41, 5.74) is 2.69. The molecule has 0 aliphatic rings. The molecule has 134 valence electrons. The summed E-state index contributed by atoms with van der Waals surface area (Å²) in [5, 5.41) is 3.23. The Kier molecular flexibility index (Phi) is 5.22. The number of hydrogen-bond donors (Lipinski definition) is 1. The van der Waals surface area contributed by atoms with E-state index in [-0.39, 0.29) is 0 Å². The summed E-state index contributed by atoms with van der Waals surface area (Å²) in [6.45, 7) is 1.94. The van der Waals surface area contributed by atoms with Crippen LogP contribution < -0.4 is 19.7 Å². The van der Waals surface area contributed by atoms with Crippen molar-refractivity contribution in [3.8, 4) is 11.5 Å². The van der Waals surface area contributed by atoms with Crippen molar-refractivity contribution in [3.05, 3.63) is 60.3 Å². The largest absolute Gasteiger partial charge is 0.497 e. The second kappa shape index (κ2) is 7.74. The fraction of sp³-hybridized carbons (Fsp3) is 0.200. The number of aromatic nitrogens is 2. The van der Waals surface area contributed by atoms with Gasteiger partial charge in [0.15, 0.2) is 0 Å². The maximum absolute atomic E-state index is 5.43. The summed E-state index contributed by atoms with van der Waals surface area (Å²) in [5.74, 6) is 2.69. The van der Waals surface area contributed by atoms with Gasteiger partial charge in [0.25, 0.3) is 0 Å². The molecule has 3 aromatic rings. The lowest BCUT2D eigenvalue weighted by Crippen LogP contribution is -2.13. The second-order valence-electron chi connectivity index (χ2n) is 5.78. The molecule has 1 aromatic heterocycles. The zero-order chi connectivity index (χ0) is 18.5. The molecule has 1 N–H and O–H groups in total. The van der Waals surface area contributed by atoms with Gasteiger partial charge >= 0.3 is 0 Å². The molecule has 0 atom stereocenters. The van der Waals surface area contributed by atoms with Crippen LogP contribution in [-0.2, 0) is 0 Å². The fourth-order valence-corrected chi connectivity index (χ4v) is 2.59. The highest BCUT2D eigenvalue weighted by Crippen LogP contribution is 2.31. The summed E-state index contributed by atoms with van der Waals surface area (Å²) in [6, 6.07) is 17.6. The highest BCUT2D eigenvalue weighted by atomic mass is 16.5. The smallest absolute Gasteiger partial charge is 0.229 e. The minimum absolute atomic E-state index is 0.506. The molecule has 0 spiro atoms. The van der Waals surface area contributed by atoms with E-state index >= 15 is 0 Å². The number of hydrogen-bond acceptors (Lipinski definition) is 6. The molecule has 3 rings (SSSR count). The molecule has 0 saturated carbocycles. The quantitative estimate of drug-likeness (QED) is 0.715. The number of benzene rings is 2. The van der Waals surface area contributed by atoms with Gasteiger partial charge < -0.3 is 19.7 Å². The van der Waals surface area contributed by atoms with Crippen LogP contribution in [0, 0.1) is 6.92 Å². The number of para-hydroxylation sites is 1. The lowest BCUT2D eigenvalue weighted by atomic mass is 10.2. The van der Waals surface area contributed by atoms with Crippen LogP contribution in [0.5, 0.6) is 11.5 Å². The van der Waals surface area contributed by atoms with E-state index in [2.05, 4.69) is 15.3 Å². The molecule has 26 heavy (non-hydrogen) atoms. The first-order valence-corrected chi connectivity index (χ1v) is 8.24. The van der Waals surface area contributed by atoms with Crippen LogP contribution in [0.15, 0.2) is 54.6 Å². The van der Waals surface area contributed by atoms with Gasteiger partial charge in [-0.15, -0.1) is 0 Å². The van der Waals surface area contributed by atoms with Crippen molar-refractivity contribution in [3.63, 3.8) is 0 Å². The van der Waals surface area contributed by atoms with Crippen molar-refractivity contribution in [1.29, 1.82) is 0 Å². The van der Waals surface area contributed by atoms with Gasteiger partial charge in [0.1, 0.15) is 17.3 Å². The number of rotatable bonds is 6. The summed E-state index contributed by atoms with van der Waals surface area (Å²) < 4.78 is 10.7. The van der Waals surface area contributed by atoms with Crippen molar-refractivity contribution in [2.75, 3.05) is 31.5 Å². The SMILES string of the molecule is COc1ccc(Nc2nc(C)cc(N(C)c3ccccc3)n2)c(OC)c1. The molecule has 1 heterocycles. The Morgan fingerprint density at radius 1 is 0.923 bits per heavy atom. The van der Waals surface area contributed by atoms with Crippen LogP contribution in [-0.4, -0.2) is 31.2 Å². The summed E-state index contributed by atoms with van der Waals surface area (Å²) in [4.78, 5) is 11.1. The molecule has 2 aromatic carbocycles. The molecule has 0 saturated heterocycles. The van der Waals surface area contributed by atoms with Gasteiger partial charge in [-0.1, -0.05) is 18.2 Å². The zero-order valence-electron chi connectivity index (χ0n) is 15.4. The molecular weight excluding hydrogens is 328 g/mol. The number of nitrogens with zero attached hydrogens (tertiary/aromatic N) is 3. The first-order chi connectivity index (χ1) is 12.6. The third kappa shape index (κ3) is 3.85. The molecule has 0 unspecified atom stereocenters. The highest BCUT2D eigenvalue weighted by Gasteiger charge is 2.11. The Morgan fingerprint density at radius 3 is 2.38 bits per heavy atom. The van der Waals surface area contributed by atoms with Gasteiger partial charge in [-0.2, -0.15) is 4.98 Å². The molecule has 0 bridgehead atoms. The van der Waals surface area contributed by atoms with E-state index in [0.29, 0.717) is 11.7 Å². The maximum Gasteiger partial charge on any atom is 0.229 e. The van der Waals surface area contributed by atoms with Crippen LogP contribution in [0.3, 0.4) is 0 Å². The second-order valence-corrected chi connectivity index (χ2v) is 5.78. The van der Waals surface area contributed by atoms with Crippen molar-refractivity contribution in [2.45, 2.75) is 6.92 Å². The van der Waals surface area contributed by atoms with Crippen molar-refractivity contribution in [1.82, 2.24) is 9.97 Å². The van der Waals surface area contributed by atoms with Crippen molar-refractivity contribution < 1.29 is 9.47 Å². The normalized spacial score (nSPS) is 10.3. The van der Waals surface area contributed by atoms with Crippen LogP contribution in [0.1, 0.15) is 5.69 Å². The first-order valence-electron chi connectivity index (χ1n) is 8.24. The number of aryl methyl sites for hydroxylation is 1. The monoisotopic (exact) mass is 350 g/mol. The maximum atomic E-state index is 5.43. The Morgan fingerprint density at radius 2 is 1.69 bits per heavy atom. The third-order valence-corrected chi connectivity index (χ3v) is 3.98. The van der Waals surface area contributed by atoms with Crippen LogP contribution in [0.4, 0.5) is 23.1 Å². The predicted octanol–water partition coefficient (Wildman–Crippen LogP) is 4.31. The van der Waals surface area contributed by atoms with E-state index in [0.717, 1.165) is 28.6 Å². The molecular formula is C20H22N4O2. The molecule has 6 nitrogen and oxygen atoms in total. The zero-order valence-corrected chi connectivity index (χ0v) is 15.4. The molecule has 0 aliphatic carbocycles. The third-order valence-electron chi connectivity index (χ3n) is 3.98. The molecule has 0 radical (unpaired) electrons. The van der Waals surface area contributed by atoms with Crippen molar-refractivity contribution in [2.24, 2.45) is 0 Å². The molecule has 6 heteroatoms. The number of ether oxygens (including phenoxy) is 2. The Hall–Kier alpha value is -3.28. The average Bonchev–Trinajstić information content (AvgIpc) is 2.68. The Balaban J connectivity index is 1.91. The summed E-state index contributed by atoms with van der Waals surface area (Å²) >= 11 is 0. The minimum atomic E-state index is 0.506. The number of anilines is 4. The Labute approximate surface area is 153 Å². The predicted molar refractivity (Wildman–Crippen MR) is 104 cm³/mol. The number of nitrogens with one attached hydrogen (secondary N) is 1. The van der Waals surface area contributed by atoms with Crippen LogP contribution in [0.25, 0.3) is 0 Å². The van der Waals surface area contributed by atoms with Gasteiger partial charge in [-0.05, 0) is 31.2 Å². The lowest BCUT2D eigenvalue weighted by Gasteiger charge is -2.19.